The summed E-state index contributed by atoms with van der Waals surface area (Å²) >= 11 is 0. The molecule has 0 bridgehead atoms. The van der Waals surface area contributed by atoms with Gasteiger partial charge in [-0.1, -0.05) is 12.1 Å². The minimum absolute atomic E-state index is 0.00900. The van der Waals surface area contributed by atoms with Crippen molar-refractivity contribution in [2.75, 3.05) is 51.2 Å². The Bertz CT molecular complexity index is 964. The van der Waals surface area contributed by atoms with Gasteiger partial charge in [0.25, 0.3) is 0 Å². The molecular weight excluding hydrogens is 473 g/mol. The number of hydrogen-bond donors (Lipinski definition) is 0. The van der Waals surface area contributed by atoms with E-state index in [1.807, 2.05) is 24.3 Å². The van der Waals surface area contributed by atoms with Gasteiger partial charge in [0.15, 0.2) is 0 Å². The SMILES string of the molecule is C[C@@H]1CN(C(=O)OC(C)(C)C)[C@@H](c2ccc(N3CCN(C)CC3)cc2)CN1C(=O)C1(C(F)(F)F)CC1. The van der Waals surface area contributed by atoms with Crippen molar-refractivity contribution in [1.29, 1.82) is 0 Å². The molecule has 2 atom stereocenters. The van der Waals surface area contributed by atoms with Crippen LogP contribution in [0, 0.1) is 5.41 Å². The van der Waals surface area contributed by atoms with Gasteiger partial charge in [-0.15, -0.1) is 0 Å². The highest BCUT2D eigenvalue weighted by molar-refractivity contribution is 5.87. The summed E-state index contributed by atoms with van der Waals surface area (Å²) in [6, 6.07) is 6.61. The van der Waals surface area contributed by atoms with Crippen LogP contribution in [0.1, 0.15) is 52.1 Å². The van der Waals surface area contributed by atoms with Gasteiger partial charge in [-0.3, -0.25) is 9.69 Å². The number of alkyl halides is 3. The maximum absolute atomic E-state index is 13.7. The number of benzene rings is 1. The average Bonchev–Trinajstić information content (AvgIpc) is 3.60. The first-order chi connectivity index (χ1) is 16.7. The topological polar surface area (TPSA) is 56.3 Å². The Kier molecular flexibility index (Phi) is 6.96. The molecule has 1 aromatic rings. The Morgan fingerprint density at radius 2 is 1.53 bits per heavy atom. The molecule has 3 aliphatic rings. The van der Waals surface area contributed by atoms with Gasteiger partial charge < -0.3 is 19.4 Å². The molecule has 36 heavy (non-hydrogen) atoms. The Labute approximate surface area is 211 Å². The maximum atomic E-state index is 13.7. The zero-order valence-corrected chi connectivity index (χ0v) is 21.8. The molecule has 0 unspecified atom stereocenters. The van der Waals surface area contributed by atoms with Crippen molar-refractivity contribution in [3.05, 3.63) is 29.8 Å². The first-order valence-corrected chi connectivity index (χ1v) is 12.6. The molecule has 4 rings (SSSR count). The van der Waals surface area contributed by atoms with E-state index in [4.69, 9.17) is 4.74 Å². The van der Waals surface area contributed by atoms with E-state index in [1.54, 1.807) is 32.6 Å². The average molecular weight is 511 g/mol. The molecule has 10 heteroatoms. The molecule has 2 aliphatic heterocycles. The van der Waals surface area contributed by atoms with Crippen LogP contribution in [-0.4, -0.2) is 90.8 Å². The van der Waals surface area contributed by atoms with Crippen LogP contribution in [0.4, 0.5) is 23.7 Å². The summed E-state index contributed by atoms with van der Waals surface area (Å²) < 4.78 is 46.9. The third-order valence-electron chi connectivity index (χ3n) is 7.48. The number of hydrogen-bond acceptors (Lipinski definition) is 5. The van der Waals surface area contributed by atoms with Crippen LogP contribution in [0.3, 0.4) is 0 Å². The molecule has 2 heterocycles. The molecule has 2 saturated heterocycles. The second-order valence-electron chi connectivity index (χ2n) is 11.4. The van der Waals surface area contributed by atoms with Crippen molar-refractivity contribution in [3.8, 4) is 0 Å². The minimum atomic E-state index is -4.58. The summed E-state index contributed by atoms with van der Waals surface area (Å²) in [7, 11) is 2.09. The van der Waals surface area contributed by atoms with Gasteiger partial charge in [0.05, 0.1) is 6.04 Å². The molecule has 0 N–H and O–H groups in total. The molecule has 1 aliphatic carbocycles. The van der Waals surface area contributed by atoms with Crippen LogP contribution in [0.25, 0.3) is 0 Å². The molecule has 1 aromatic carbocycles. The van der Waals surface area contributed by atoms with E-state index in [2.05, 4.69) is 16.8 Å². The number of rotatable bonds is 3. The lowest BCUT2D eigenvalue weighted by Gasteiger charge is -2.46. The molecule has 2 amide bonds. The van der Waals surface area contributed by atoms with Crippen LogP contribution < -0.4 is 4.90 Å². The normalized spacial score (nSPS) is 25.1. The van der Waals surface area contributed by atoms with Gasteiger partial charge in [-0.05, 0) is 65.3 Å². The summed E-state index contributed by atoms with van der Waals surface area (Å²) in [5, 5.41) is 0. The van der Waals surface area contributed by atoms with Crippen molar-refractivity contribution in [1.82, 2.24) is 14.7 Å². The largest absolute Gasteiger partial charge is 0.444 e. The molecule has 1 saturated carbocycles. The molecule has 0 aromatic heterocycles. The molecule has 200 valence electrons. The van der Waals surface area contributed by atoms with Crippen LogP contribution >= 0.6 is 0 Å². The number of anilines is 1. The number of likely N-dealkylation sites (N-methyl/N-ethyl adjacent to an activating group) is 1. The fraction of sp³-hybridized carbons (Fsp3) is 0.692. The number of ether oxygens (including phenoxy) is 1. The first kappa shape index (κ1) is 26.6. The number of carbonyl (C=O) groups excluding carboxylic acids is 2. The summed E-state index contributed by atoms with van der Waals surface area (Å²) in [6.07, 6.45) is -5.48. The molecule has 7 nitrogen and oxygen atoms in total. The van der Waals surface area contributed by atoms with E-state index in [1.165, 1.54) is 4.90 Å². The van der Waals surface area contributed by atoms with Crippen molar-refractivity contribution in [2.45, 2.75) is 64.4 Å². The molecule has 0 radical (unpaired) electrons. The van der Waals surface area contributed by atoms with Crippen molar-refractivity contribution >= 4 is 17.7 Å². The van der Waals surface area contributed by atoms with Crippen molar-refractivity contribution < 1.29 is 27.5 Å². The highest BCUT2D eigenvalue weighted by Crippen LogP contribution is 2.59. The smallest absolute Gasteiger partial charge is 0.410 e. The van der Waals surface area contributed by atoms with Gasteiger partial charge in [-0.2, -0.15) is 13.2 Å². The summed E-state index contributed by atoms with van der Waals surface area (Å²) in [6.45, 7) is 10.8. The van der Waals surface area contributed by atoms with E-state index >= 15 is 0 Å². The van der Waals surface area contributed by atoms with Gasteiger partial charge in [0, 0.05) is 51.0 Å². The fourth-order valence-corrected chi connectivity index (χ4v) is 5.06. The minimum Gasteiger partial charge on any atom is -0.444 e. The van der Waals surface area contributed by atoms with Gasteiger partial charge >= 0.3 is 12.3 Å². The van der Waals surface area contributed by atoms with Gasteiger partial charge in [0.2, 0.25) is 5.91 Å². The standard InChI is InChI=1S/C26H37F3N4O3/c1-18-16-33(23(35)36-24(2,3)4)21(17-32(18)22(34)25(10-11-25)26(27,28)29)19-6-8-20(9-7-19)31-14-12-30(5)13-15-31/h6-9,18,21H,10-17H2,1-5H3/t18-,21-/m1/s1. The van der Waals surface area contributed by atoms with Gasteiger partial charge in [-0.25, -0.2) is 4.79 Å². The van der Waals surface area contributed by atoms with Crippen LogP contribution in [0.15, 0.2) is 24.3 Å². The predicted molar refractivity (Wildman–Crippen MR) is 131 cm³/mol. The van der Waals surface area contributed by atoms with Crippen molar-refractivity contribution in [3.63, 3.8) is 0 Å². The Balaban J connectivity index is 1.60. The number of piperazine rings is 2. The molecular formula is C26H37F3N4O3. The quantitative estimate of drug-likeness (QED) is 0.607. The monoisotopic (exact) mass is 510 g/mol. The predicted octanol–water partition coefficient (Wildman–Crippen LogP) is 4.29. The zero-order chi connectivity index (χ0) is 26.5. The van der Waals surface area contributed by atoms with Crippen molar-refractivity contribution in [2.24, 2.45) is 5.41 Å². The van der Waals surface area contributed by atoms with Gasteiger partial charge in [0.1, 0.15) is 11.0 Å². The fourth-order valence-electron chi connectivity index (χ4n) is 5.06. The van der Waals surface area contributed by atoms with Crippen LogP contribution in [0.2, 0.25) is 0 Å². The second kappa shape index (κ2) is 9.43. The number of amides is 2. The van der Waals surface area contributed by atoms with E-state index < -0.39 is 41.3 Å². The van der Waals surface area contributed by atoms with E-state index in [9.17, 15) is 22.8 Å². The number of halogens is 3. The third kappa shape index (κ3) is 5.28. The highest BCUT2D eigenvalue weighted by Gasteiger charge is 2.70. The van der Waals surface area contributed by atoms with E-state index in [-0.39, 0.29) is 25.9 Å². The lowest BCUT2D eigenvalue weighted by Crippen LogP contribution is -2.59. The Hall–Kier alpha value is -2.49. The lowest BCUT2D eigenvalue weighted by atomic mass is 9.96. The van der Waals surface area contributed by atoms with E-state index in [0.29, 0.717) is 0 Å². The van der Waals surface area contributed by atoms with E-state index in [0.717, 1.165) is 37.4 Å². The Morgan fingerprint density at radius 1 is 0.944 bits per heavy atom. The summed E-state index contributed by atoms with van der Waals surface area (Å²) in [5.74, 6) is -0.884. The summed E-state index contributed by atoms with van der Waals surface area (Å²) in [5.41, 5.74) is -1.19. The first-order valence-electron chi connectivity index (χ1n) is 12.6. The lowest BCUT2D eigenvalue weighted by molar-refractivity contribution is -0.201. The van der Waals surface area contributed by atoms with Crippen LogP contribution in [-0.2, 0) is 9.53 Å². The maximum Gasteiger partial charge on any atom is 0.410 e. The molecule has 3 fully saturated rings. The highest BCUT2D eigenvalue weighted by atomic mass is 19.4. The Morgan fingerprint density at radius 3 is 2.03 bits per heavy atom. The second-order valence-corrected chi connectivity index (χ2v) is 11.4. The summed E-state index contributed by atoms with van der Waals surface area (Å²) in [4.78, 5) is 33.7. The van der Waals surface area contributed by atoms with Crippen LogP contribution in [0.5, 0.6) is 0 Å². The number of nitrogens with zero attached hydrogens (tertiary/aromatic N) is 4. The third-order valence-corrected chi connectivity index (χ3v) is 7.48. The zero-order valence-electron chi connectivity index (χ0n) is 21.8. The molecule has 0 spiro atoms. The number of carbonyl (C=O) groups is 2.